The summed E-state index contributed by atoms with van der Waals surface area (Å²) in [4.78, 5) is 2.69. The first-order valence-corrected chi connectivity index (χ1v) is 8.13. The third kappa shape index (κ3) is 3.56. The maximum Gasteiger partial charge on any atom is 0.0218 e. The van der Waals surface area contributed by atoms with Crippen molar-refractivity contribution in [1.29, 1.82) is 0 Å². The van der Waals surface area contributed by atoms with Crippen LogP contribution in [0.1, 0.15) is 32.8 Å². The summed E-state index contributed by atoms with van der Waals surface area (Å²) in [7, 11) is 0. The predicted octanol–water partition coefficient (Wildman–Crippen LogP) is 3.00. The molecule has 1 aromatic rings. The molecule has 1 aliphatic rings. The highest BCUT2D eigenvalue weighted by molar-refractivity contribution is 7.07. The van der Waals surface area contributed by atoms with Crippen molar-refractivity contribution in [1.82, 2.24) is 10.2 Å². The van der Waals surface area contributed by atoms with Crippen LogP contribution in [0, 0.1) is 5.92 Å². The minimum absolute atomic E-state index is 0.662. The highest BCUT2D eigenvalue weighted by atomic mass is 32.1. The summed E-state index contributed by atoms with van der Waals surface area (Å²) in [6, 6.07) is 3.64. The first-order valence-electron chi connectivity index (χ1n) is 7.19. The van der Waals surface area contributed by atoms with E-state index in [0.29, 0.717) is 6.04 Å². The summed E-state index contributed by atoms with van der Waals surface area (Å²) in [5, 5.41) is 8.17. The van der Waals surface area contributed by atoms with Gasteiger partial charge in [-0.1, -0.05) is 20.8 Å². The second-order valence-corrected chi connectivity index (χ2v) is 6.48. The average Bonchev–Trinajstić information content (AvgIpc) is 2.89. The van der Waals surface area contributed by atoms with Gasteiger partial charge in [-0.25, -0.2) is 0 Å². The monoisotopic (exact) mass is 266 g/mol. The topological polar surface area (TPSA) is 15.3 Å². The highest BCUT2D eigenvalue weighted by Crippen LogP contribution is 2.16. The van der Waals surface area contributed by atoms with Crippen LogP contribution in [0.3, 0.4) is 0 Å². The van der Waals surface area contributed by atoms with Gasteiger partial charge in [0.15, 0.2) is 0 Å². The van der Waals surface area contributed by atoms with Gasteiger partial charge in [-0.3, -0.25) is 4.90 Å². The molecule has 0 aliphatic carbocycles. The molecule has 0 saturated carbocycles. The van der Waals surface area contributed by atoms with Crippen molar-refractivity contribution in [2.45, 2.75) is 45.7 Å². The van der Waals surface area contributed by atoms with Crippen molar-refractivity contribution >= 4 is 11.3 Å². The van der Waals surface area contributed by atoms with Crippen molar-refractivity contribution in [3.05, 3.63) is 22.4 Å². The fourth-order valence-corrected chi connectivity index (χ4v) is 3.42. The van der Waals surface area contributed by atoms with E-state index in [1.165, 1.54) is 31.5 Å². The molecule has 1 saturated heterocycles. The van der Waals surface area contributed by atoms with E-state index in [0.717, 1.165) is 18.5 Å². The lowest BCUT2D eigenvalue weighted by molar-refractivity contribution is 0.112. The number of piperazine rings is 1. The lowest BCUT2D eigenvalue weighted by atomic mass is 9.98. The highest BCUT2D eigenvalue weighted by Gasteiger charge is 2.27. The maximum absolute atomic E-state index is 3.70. The standard InChI is InChI=1S/C15H26N2S/c1-4-14-9-16-15(12(2)3)10-17(14)7-5-13-6-8-18-11-13/h6,8,11-12,14-16H,4-5,7,9-10H2,1-3H3. The summed E-state index contributed by atoms with van der Waals surface area (Å²) in [5.41, 5.74) is 1.49. The van der Waals surface area contributed by atoms with Crippen LogP contribution in [0.25, 0.3) is 0 Å². The van der Waals surface area contributed by atoms with Gasteiger partial charge < -0.3 is 5.32 Å². The Morgan fingerprint density at radius 3 is 2.94 bits per heavy atom. The van der Waals surface area contributed by atoms with Crippen LogP contribution in [0.5, 0.6) is 0 Å². The lowest BCUT2D eigenvalue weighted by Crippen LogP contribution is -2.58. The molecule has 2 atom stereocenters. The van der Waals surface area contributed by atoms with Gasteiger partial charge in [0.1, 0.15) is 0 Å². The quantitative estimate of drug-likeness (QED) is 0.881. The number of hydrogen-bond donors (Lipinski definition) is 1. The van der Waals surface area contributed by atoms with Crippen molar-refractivity contribution in [2.75, 3.05) is 19.6 Å². The van der Waals surface area contributed by atoms with Gasteiger partial charge in [-0.2, -0.15) is 11.3 Å². The van der Waals surface area contributed by atoms with Gasteiger partial charge in [0.05, 0.1) is 0 Å². The van der Waals surface area contributed by atoms with E-state index in [2.05, 4.69) is 47.8 Å². The third-order valence-electron chi connectivity index (χ3n) is 4.11. The molecule has 0 bridgehead atoms. The molecule has 1 fully saturated rings. The minimum atomic E-state index is 0.662. The van der Waals surface area contributed by atoms with Gasteiger partial charge in [0, 0.05) is 31.7 Å². The number of nitrogens with one attached hydrogen (secondary N) is 1. The zero-order valence-electron chi connectivity index (χ0n) is 11.9. The zero-order chi connectivity index (χ0) is 13.0. The smallest absolute Gasteiger partial charge is 0.0218 e. The number of hydrogen-bond acceptors (Lipinski definition) is 3. The molecular formula is C15H26N2S. The molecule has 1 aromatic heterocycles. The van der Waals surface area contributed by atoms with E-state index in [1.54, 1.807) is 0 Å². The second kappa shape index (κ2) is 6.69. The Morgan fingerprint density at radius 1 is 1.50 bits per heavy atom. The number of thiophene rings is 1. The summed E-state index contributed by atoms with van der Waals surface area (Å²) < 4.78 is 0. The van der Waals surface area contributed by atoms with E-state index in [9.17, 15) is 0 Å². The van der Waals surface area contributed by atoms with Gasteiger partial charge in [-0.05, 0) is 41.1 Å². The Hall–Kier alpha value is -0.380. The number of nitrogens with zero attached hydrogens (tertiary/aromatic N) is 1. The minimum Gasteiger partial charge on any atom is -0.311 e. The first-order chi connectivity index (χ1) is 8.70. The summed E-state index contributed by atoms with van der Waals surface area (Å²) in [6.45, 7) is 10.5. The van der Waals surface area contributed by atoms with E-state index in [-0.39, 0.29) is 0 Å². The molecule has 1 aliphatic heterocycles. The van der Waals surface area contributed by atoms with E-state index in [4.69, 9.17) is 0 Å². The molecule has 0 spiro atoms. The Bertz CT molecular complexity index is 334. The third-order valence-corrected chi connectivity index (χ3v) is 4.84. The Kier molecular flexibility index (Phi) is 5.22. The van der Waals surface area contributed by atoms with Gasteiger partial charge >= 0.3 is 0 Å². The van der Waals surface area contributed by atoms with Gasteiger partial charge in [-0.15, -0.1) is 0 Å². The molecular weight excluding hydrogens is 240 g/mol. The van der Waals surface area contributed by atoms with E-state index >= 15 is 0 Å². The Morgan fingerprint density at radius 2 is 2.33 bits per heavy atom. The van der Waals surface area contributed by atoms with Crippen LogP contribution in [-0.2, 0) is 6.42 Å². The predicted molar refractivity (Wildman–Crippen MR) is 80.3 cm³/mol. The van der Waals surface area contributed by atoms with Crippen LogP contribution >= 0.6 is 11.3 Å². The summed E-state index contributed by atoms with van der Waals surface area (Å²) >= 11 is 1.81. The molecule has 102 valence electrons. The van der Waals surface area contributed by atoms with Crippen LogP contribution < -0.4 is 5.32 Å². The van der Waals surface area contributed by atoms with E-state index < -0.39 is 0 Å². The van der Waals surface area contributed by atoms with Crippen molar-refractivity contribution < 1.29 is 0 Å². The van der Waals surface area contributed by atoms with Crippen molar-refractivity contribution in [3.8, 4) is 0 Å². The Labute approximate surface area is 115 Å². The van der Waals surface area contributed by atoms with Crippen LogP contribution in [0.4, 0.5) is 0 Å². The van der Waals surface area contributed by atoms with Gasteiger partial charge in [0.2, 0.25) is 0 Å². The lowest BCUT2D eigenvalue weighted by Gasteiger charge is -2.41. The molecule has 2 heterocycles. The molecule has 0 radical (unpaired) electrons. The van der Waals surface area contributed by atoms with Crippen molar-refractivity contribution in [2.24, 2.45) is 5.92 Å². The molecule has 3 heteroatoms. The summed E-state index contributed by atoms with van der Waals surface area (Å²) in [5.74, 6) is 0.728. The largest absolute Gasteiger partial charge is 0.311 e. The molecule has 1 N–H and O–H groups in total. The molecule has 18 heavy (non-hydrogen) atoms. The second-order valence-electron chi connectivity index (χ2n) is 5.70. The van der Waals surface area contributed by atoms with Gasteiger partial charge in [0.25, 0.3) is 0 Å². The Balaban J connectivity index is 1.89. The fraction of sp³-hybridized carbons (Fsp3) is 0.733. The molecule has 2 rings (SSSR count). The van der Waals surface area contributed by atoms with Crippen LogP contribution in [0.2, 0.25) is 0 Å². The van der Waals surface area contributed by atoms with E-state index in [1.807, 2.05) is 11.3 Å². The number of rotatable bonds is 5. The fourth-order valence-electron chi connectivity index (χ4n) is 2.71. The maximum atomic E-state index is 3.70. The first kappa shape index (κ1) is 14.0. The average molecular weight is 266 g/mol. The molecule has 0 aromatic carbocycles. The molecule has 2 nitrogen and oxygen atoms in total. The van der Waals surface area contributed by atoms with Crippen LogP contribution in [0.15, 0.2) is 16.8 Å². The SMILES string of the molecule is CCC1CNC(C(C)C)CN1CCc1ccsc1. The normalized spacial score (nSPS) is 25.8. The molecule has 2 unspecified atom stereocenters. The molecule has 0 amide bonds. The van der Waals surface area contributed by atoms with Crippen molar-refractivity contribution in [3.63, 3.8) is 0 Å². The zero-order valence-corrected chi connectivity index (χ0v) is 12.7. The summed E-state index contributed by atoms with van der Waals surface area (Å²) in [6.07, 6.45) is 2.45. The van der Waals surface area contributed by atoms with Crippen LogP contribution in [-0.4, -0.2) is 36.6 Å².